The minimum atomic E-state index is -5.17. The van der Waals surface area contributed by atoms with Gasteiger partial charge in [0.2, 0.25) is 0 Å². The number of hydrogen-bond acceptors (Lipinski definition) is 6. The fourth-order valence-electron chi connectivity index (χ4n) is 0.552. The molecule has 1 aliphatic carbocycles. The average Bonchev–Trinajstić information content (AvgIpc) is 1.80. The molecule has 1 saturated carbocycles. The zero-order valence-electron chi connectivity index (χ0n) is 7.08. The minimum absolute atomic E-state index is 0. The normalized spacial score (nSPS) is 23.4. The fourth-order valence-corrected chi connectivity index (χ4v) is 0.552. The van der Waals surface area contributed by atoms with Crippen molar-refractivity contribution in [3.63, 3.8) is 0 Å². The van der Waals surface area contributed by atoms with Gasteiger partial charge in [-0.1, -0.05) is 0 Å². The summed E-state index contributed by atoms with van der Waals surface area (Å²) in [7, 11) is -5.17. The third-order valence-electron chi connectivity index (χ3n) is 1.38. The van der Waals surface area contributed by atoms with Crippen LogP contribution in [0.5, 0.6) is 0 Å². The summed E-state index contributed by atoms with van der Waals surface area (Å²) in [6.07, 6.45) is 2.25. The second kappa shape index (κ2) is 9.93. The number of hydrogen-bond donors (Lipinski definition) is 2. The van der Waals surface area contributed by atoms with Crippen molar-refractivity contribution in [1.29, 1.82) is 0 Å². The van der Waals surface area contributed by atoms with Gasteiger partial charge < -0.3 is 31.5 Å². The molecule has 92 valence electrons. The zero-order chi connectivity index (χ0) is 9.07. The van der Waals surface area contributed by atoms with Crippen molar-refractivity contribution in [2.45, 2.75) is 24.9 Å². The Morgan fingerprint density at radius 1 is 1.00 bits per heavy atom. The molecule has 8 nitrogen and oxygen atoms in total. The van der Waals surface area contributed by atoms with Gasteiger partial charge in [0.1, 0.15) is 0 Å². The third kappa shape index (κ3) is 18.2. The maximum Gasteiger partial charge on any atom is 2.00 e. The van der Waals surface area contributed by atoms with Crippen LogP contribution >= 0.6 is 0 Å². The van der Waals surface area contributed by atoms with Crippen LogP contribution in [0.1, 0.15) is 12.8 Å². The first kappa shape index (κ1) is 23.9. The fraction of sp³-hybridized carbons (Fsp3) is 1.00. The van der Waals surface area contributed by atoms with Gasteiger partial charge in [0.05, 0.1) is 0 Å². The van der Waals surface area contributed by atoms with Crippen molar-refractivity contribution in [3.8, 4) is 0 Å². The maximum atomic E-state index is 8.52. The van der Waals surface area contributed by atoms with Gasteiger partial charge in [-0.05, 0) is 12.8 Å². The molecule has 0 aliphatic heterocycles. The molecule has 10 heteroatoms. The van der Waals surface area contributed by atoms with Gasteiger partial charge in [-0.2, -0.15) is 0 Å². The summed E-state index contributed by atoms with van der Waals surface area (Å²) in [5.74, 6) is 0. The quantitative estimate of drug-likeness (QED) is 0.304. The molecule has 0 aromatic heterocycles. The van der Waals surface area contributed by atoms with E-state index in [-0.39, 0.29) is 32.0 Å². The molecule has 0 aromatic rings. The summed E-state index contributed by atoms with van der Waals surface area (Å²) < 4.78 is 34.1. The van der Waals surface area contributed by atoms with E-state index < -0.39 is 10.4 Å². The van der Waals surface area contributed by atoms with E-state index in [1.54, 1.807) is 0 Å². The second-order valence-corrected chi connectivity index (χ2v) is 3.13. The molecule has 1 fully saturated rings. The summed E-state index contributed by atoms with van der Waals surface area (Å²) in [6, 6.07) is 0.620. The first-order chi connectivity index (χ1) is 4.80. The summed E-state index contributed by atoms with van der Waals surface area (Å²) >= 11 is 0. The van der Waals surface area contributed by atoms with E-state index >= 15 is 0 Å². The van der Waals surface area contributed by atoms with Crippen LogP contribution in [0.25, 0.3) is 0 Å². The Balaban J connectivity index is -0.0000000597. The van der Waals surface area contributed by atoms with Crippen molar-refractivity contribution in [2.75, 3.05) is 0 Å². The molecule has 1 rings (SSSR count). The van der Waals surface area contributed by atoms with Gasteiger partial charge in [0, 0.05) is 22.5 Å². The maximum absolute atomic E-state index is 8.52. The third-order valence-corrected chi connectivity index (χ3v) is 1.38. The SMILES string of the molecule is N[C@@H]1CC[C@H]1N.O.O.O=S(=O)([O-])[O-].[Pt+2]. The van der Waals surface area contributed by atoms with Gasteiger partial charge in [0.15, 0.2) is 0 Å². The number of nitrogens with two attached hydrogens (primary N) is 2. The van der Waals surface area contributed by atoms with Crippen LogP contribution in [0.2, 0.25) is 0 Å². The number of rotatable bonds is 0. The smallest absolute Gasteiger partial charge is 0.759 e. The predicted molar refractivity (Wildman–Crippen MR) is 42.9 cm³/mol. The minimum Gasteiger partial charge on any atom is -0.759 e. The zero-order valence-corrected chi connectivity index (χ0v) is 10.2. The summed E-state index contributed by atoms with van der Waals surface area (Å²) in [5.41, 5.74) is 10.8. The molecule has 14 heavy (non-hydrogen) atoms. The Labute approximate surface area is 96.5 Å². The van der Waals surface area contributed by atoms with Crippen LogP contribution in [0.4, 0.5) is 0 Å². The Bertz CT molecular complexity index is 194. The first-order valence-corrected chi connectivity index (χ1v) is 4.32. The standard InChI is InChI=1S/C4H10N2.H2O4S.2H2O.Pt/c5-3-1-2-4(3)6;1-5(2,3)4;;;/h3-4H,1-2,5-6H2;(H2,1,2,3,4);2*1H2;/q;;;;+2/p-2/t3-,4-;;;;/m1..../s1. The van der Waals surface area contributed by atoms with E-state index in [0.717, 1.165) is 12.8 Å². The molecule has 0 aromatic carbocycles. The van der Waals surface area contributed by atoms with Crippen LogP contribution < -0.4 is 11.5 Å². The molecule has 0 heterocycles. The first-order valence-electron chi connectivity index (χ1n) is 2.98. The molecule has 0 radical (unpaired) electrons. The molecule has 8 N–H and O–H groups in total. The molecule has 1 aliphatic rings. The predicted octanol–water partition coefficient (Wildman–Crippen LogP) is -3.56. The summed E-state index contributed by atoms with van der Waals surface area (Å²) in [6.45, 7) is 0. The Kier molecular flexibility index (Phi) is 17.0. The molecule has 0 bridgehead atoms. The summed E-state index contributed by atoms with van der Waals surface area (Å²) in [4.78, 5) is 0. The van der Waals surface area contributed by atoms with Gasteiger partial charge in [-0.25, -0.2) is 0 Å². The monoisotopic (exact) mass is 413 g/mol. The van der Waals surface area contributed by atoms with Gasteiger partial charge in [0.25, 0.3) is 0 Å². The van der Waals surface area contributed by atoms with E-state index in [0.29, 0.717) is 12.1 Å². The Hall–Kier alpha value is 0.398. The van der Waals surface area contributed by atoms with Crippen LogP contribution in [0.15, 0.2) is 0 Å². The molecular weight excluding hydrogens is 399 g/mol. The van der Waals surface area contributed by atoms with Gasteiger partial charge >= 0.3 is 21.1 Å². The Morgan fingerprint density at radius 2 is 1.14 bits per heavy atom. The molecular formula is C4H14N2O6PtS. The molecule has 2 atom stereocenters. The molecule has 0 unspecified atom stereocenters. The topological polar surface area (TPSA) is 195 Å². The van der Waals surface area contributed by atoms with Crippen LogP contribution in [-0.2, 0) is 31.5 Å². The van der Waals surface area contributed by atoms with Crippen LogP contribution in [0.3, 0.4) is 0 Å². The van der Waals surface area contributed by atoms with E-state index in [2.05, 4.69) is 0 Å². The van der Waals surface area contributed by atoms with Crippen molar-refractivity contribution >= 4 is 10.4 Å². The van der Waals surface area contributed by atoms with Crippen LogP contribution in [-0.4, -0.2) is 40.6 Å². The summed E-state index contributed by atoms with van der Waals surface area (Å²) in [5, 5.41) is 0. The van der Waals surface area contributed by atoms with Crippen molar-refractivity contribution in [3.05, 3.63) is 0 Å². The van der Waals surface area contributed by atoms with E-state index in [1.807, 2.05) is 0 Å². The van der Waals surface area contributed by atoms with Crippen molar-refractivity contribution < 1.29 is 49.5 Å². The van der Waals surface area contributed by atoms with Crippen molar-refractivity contribution in [1.82, 2.24) is 0 Å². The van der Waals surface area contributed by atoms with E-state index in [4.69, 9.17) is 29.0 Å². The molecule has 0 amide bonds. The van der Waals surface area contributed by atoms with Crippen molar-refractivity contribution in [2.24, 2.45) is 11.5 Å². The molecule has 0 saturated heterocycles. The largest absolute Gasteiger partial charge is 2.00 e. The van der Waals surface area contributed by atoms with Gasteiger partial charge in [-0.3, -0.25) is 8.42 Å². The average molecular weight is 413 g/mol. The van der Waals surface area contributed by atoms with Crippen LogP contribution in [0, 0.1) is 0 Å². The Morgan fingerprint density at radius 3 is 1.14 bits per heavy atom. The van der Waals surface area contributed by atoms with Gasteiger partial charge in [-0.15, -0.1) is 0 Å². The second-order valence-electron chi connectivity index (χ2n) is 2.31. The van der Waals surface area contributed by atoms with E-state index in [1.165, 1.54) is 0 Å². The van der Waals surface area contributed by atoms with E-state index in [9.17, 15) is 0 Å². The molecule has 0 spiro atoms.